The van der Waals surface area contributed by atoms with Gasteiger partial charge in [0.05, 0.1) is 23.3 Å². The van der Waals surface area contributed by atoms with E-state index < -0.39 is 11.8 Å². The molecule has 0 aliphatic heterocycles. The van der Waals surface area contributed by atoms with Crippen molar-refractivity contribution < 1.29 is 14.3 Å². The first-order valence-corrected chi connectivity index (χ1v) is 9.06. The summed E-state index contributed by atoms with van der Waals surface area (Å²) in [6.07, 6.45) is 3.09. The third-order valence-corrected chi connectivity index (χ3v) is 4.07. The second-order valence-corrected chi connectivity index (χ2v) is 6.56. The maximum Gasteiger partial charge on any atom is 0.259 e. The predicted octanol–water partition coefficient (Wildman–Crippen LogP) is 3.55. The maximum atomic E-state index is 12.0. The van der Waals surface area contributed by atoms with Crippen molar-refractivity contribution in [3.63, 3.8) is 0 Å². The topological polar surface area (TPSA) is 79.8 Å². The van der Waals surface area contributed by atoms with Crippen LogP contribution in [0.4, 0.5) is 0 Å². The Kier molecular flexibility index (Phi) is 8.03. The number of benzene rings is 2. The number of hydrogen-bond donors (Lipinski definition) is 2. The van der Waals surface area contributed by atoms with Crippen LogP contribution in [0.1, 0.15) is 15.9 Å². The standard InChI is InChI=1S/C19H17BrClN3O3/c1-2-9-27-17-8-7-14(20)10-13(17)11-23-24-18(25)12-22-19(26)15-5-3-4-6-16(15)21/h2-8,10-11H,1,9,12H2,(H,22,26)(H,24,25). The van der Waals surface area contributed by atoms with Gasteiger partial charge in [0.1, 0.15) is 12.4 Å². The zero-order valence-corrected chi connectivity index (χ0v) is 16.6. The lowest BCUT2D eigenvalue weighted by Crippen LogP contribution is -2.35. The summed E-state index contributed by atoms with van der Waals surface area (Å²) in [7, 11) is 0. The summed E-state index contributed by atoms with van der Waals surface area (Å²) in [4.78, 5) is 23.9. The molecule has 6 nitrogen and oxygen atoms in total. The first kappa shape index (κ1) is 20.7. The molecule has 0 saturated heterocycles. The Morgan fingerprint density at radius 3 is 2.78 bits per heavy atom. The minimum absolute atomic E-state index is 0.236. The molecule has 2 rings (SSSR count). The zero-order valence-electron chi connectivity index (χ0n) is 14.2. The number of nitrogens with zero attached hydrogens (tertiary/aromatic N) is 1. The molecule has 0 radical (unpaired) electrons. The summed E-state index contributed by atoms with van der Waals surface area (Å²) in [5, 5.41) is 6.69. The number of hydrogen-bond acceptors (Lipinski definition) is 4. The van der Waals surface area contributed by atoms with Crippen LogP contribution >= 0.6 is 27.5 Å². The number of halogens is 2. The van der Waals surface area contributed by atoms with Crippen LogP contribution in [-0.2, 0) is 4.79 Å². The Morgan fingerprint density at radius 2 is 2.04 bits per heavy atom. The Bertz CT molecular complexity index is 871. The van der Waals surface area contributed by atoms with Gasteiger partial charge in [0, 0.05) is 10.0 Å². The van der Waals surface area contributed by atoms with E-state index in [1.54, 1.807) is 42.5 Å². The monoisotopic (exact) mass is 449 g/mol. The van der Waals surface area contributed by atoms with Gasteiger partial charge >= 0.3 is 0 Å². The van der Waals surface area contributed by atoms with Crippen LogP contribution in [0.25, 0.3) is 0 Å². The van der Waals surface area contributed by atoms with Gasteiger partial charge in [0.25, 0.3) is 11.8 Å². The number of ether oxygens (including phenoxy) is 1. The Hall–Kier alpha value is -2.64. The highest BCUT2D eigenvalue weighted by Gasteiger charge is 2.10. The first-order valence-electron chi connectivity index (χ1n) is 7.89. The molecule has 0 unspecified atom stereocenters. The summed E-state index contributed by atoms with van der Waals surface area (Å²) in [6, 6.07) is 12.0. The molecule has 0 heterocycles. The fraction of sp³-hybridized carbons (Fsp3) is 0.105. The van der Waals surface area contributed by atoms with E-state index >= 15 is 0 Å². The van der Waals surface area contributed by atoms with Gasteiger partial charge in [-0.05, 0) is 30.3 Å². The molecule has 0 aromatic heterocycles. The summed E-state index contributed by atoms with van der Waals surface area (Å²) < 4.78 is 6.37. The number of carbonyl (C=O) groups is 2. The summed E-state index contributed by atoms with van der Waals surface area (Å²) in [5.74, 6) is -0.315. The van der Waals surface area contributed by atoms with Gasteiger partial charge in [0.15, 0.2) is 0 Å². The molecule has 0 atom stereocenters. The summed E-state index contributed by atoms with van der Waals surface area (Å²) >= 11 is 9.31. The highest BCUT2D eigenvalue weighted by molar-refractivity contribution is 9.10. The lowest BCUT2D eigenvalue weighted by molar-refractivity contribution is -0.120. The van der Waals surface area contributed by atoms with Gasteiger partial charge in [-0.3, -0.25) is 9.59 Å². The molecule has 0 saturated carbocycles. The molecule has 0 fully saturated rings. The molecular formula is C19H17BrClN3O3. The van der Waals surface area contributed by atoms with E-state index in [2.05, 4.69) is 38.4 Å². The molecular weight excluding hydrogens is 434 g/mol. The minimum atomic E-state index is -0.477. The van der Waals surface area contributed by atoms with Crippen LogP contribution in [0, 0.1) is 0 Å². The van der Waals surface area contributed by atoms with Crippen LogP contribution in [0.5, 0.6) is 5.75 Å². The van der Waals surface area contributed by atoms with Crippen LogP contribution in [0.3, 0.4) is 0 Å². The first-order chi connectivity index (χ1) is 13.0. The molecule has 27 heavy (non-hydrogen) atoms. The van der Waals surface area contributed by atoms with Crippen LogP contribution < -0.4 is 15.5 Å². The molecule has 0 aliphatic carbocycles. The number of hydrazone groups is 1. The lowest BCUT2D eigenvalue weighted by atomic mass is 10.2. The number of amides is 2. The minimum Gasteiger partial charge on any atom is -0.489 e. The Labute approximate surface area is 170 Å². The fourth-order valence-corrected chi connectivity index (χ4v) is 2.62. The number of carbonyl (C=O) groups excluding carboxylic acids is 2. The van der Waals surface area contributed by atoms with Gasteiger partial charge in [-0.25, -0.2) is 5.43 Å². The lowest BCUT2D eigenvalue weighted by Gasteiger charge is -2.08. The normalized spacial score (nSPS) is 10.4. The van der Waals surface area contributed by atoms with Crippen molar-refractivity contribution in [1.29, 1.82) is 0 Å². The average molecular weight is 451 g/mol. The van der Waals surface area contributed by atoms with Crippen molar-refractivity contribution in [2.45, 2.75) is 0 Å². The van der Waals surface area contributed by atoms with E-state index in [0.717, 1.165) is 4.47 Å². The Balaban J connectivity index is 1.90. The molecule has 140 valence electrons. The highest BCUT2D eigenvalue weighted by atomic mass is 79.9. The zero-order chi connectivity index (χ0) is 19.6. The van der Waals surface area contributed by atoms with Gasteiger partial charge < -0.3 is 10.1 Å². The van der Waals surface area contributed by atoms with E-state index in [1.807, 2.05) is 6.07 Å². The van der Waals surface area contributed by atoms with Crippen molar-refractivity contribution in [2.24, 2.45) is 5.10 Å². The van der Waals surface area contributed by atoms with Crippen LogP contribution in [-0.4, -0.2) is 31.2 Å². The second-order valence-electron chi connectivity index (χ2n) is 5.24. The average Bonchev–Trinajstić information content (AvgIpc) is 2.66. The maximum absolute atomic E-state index is 12.0. The van der Waals surface area contributed by atoms with E-state index in [0.29, 0.717) is 28.5 Å². The van der Waals surface area contributed by atoms with Crippen molar-refractivity contribution >= 4 is 45.6 Å². The van der Waals surface area contributed by atoms with E-state index in [-0.39, 0.29) is 6.54 Å². The van der Waals surface area contributed by atoms with E-state index in [4.69, 9.17) is 16.3 Å². The van der Waals surface area contributed by atoms with E-state index in [1.165, 1.54) is 6.21 Å². The summed E-state index contributed by atoms with van der Waals surface area (Å²) in [5.41, 5.74) is 3.32. The van der Waals surface area contributed by atoms with Gasteiger partial charge in [-0.2, -0.15) is 5.10 Å². The molecule has 2 aromatic carbocycles. The van der Waals surface area contributed by atoms with Crippen molar-refractivity contribution in [3.8, 4) is 5.75 Å². The third-order valence-electron chi connectivity index (χ3n) is 3.25. The smallest absolute Gasteiger partial charge is 0.259 e. The predicted molar refractivity (Wildman–Crippen MR) is 109 cm³/mol. The van der Waals surface area contributed by atoms with Crippen molar-refractivity contribution in [2.75, 3.05) is 13.2 Å². The number of rotatable bonds is 8. The van der Waals surface area contributed by atoms with Crippen LogP contribution in [0.2, 0.25) is 5.02 Å². The third kappa shape index (κ3) is 6.54. The molecule has 0 spiro atoms. The number of nitrogens with one attached hydrogen (secondary N) is 2. The van der Waals surface area contributed by atoms with Gasteiger partial charge in [-0.15, -0.1) is 0 Å². The largest absolute Gasteiger partial charge is 0.489 e. The van der Waals surface area contributed by atoms with Gasteiger partial charge in [-0.1, -0.05) is 52.3 Å². The Morgan fingerprint density at radius 1 is 1.26 bits per heavy atom. The second kappa shape index (κ2) is 10.5. The molecule has 8 heteroatoms. The van der Waals surface area contributed by atoms with Crippen LogP contribution in [0.15, 0.2) is 64.7 Å². The molecule has 0 bridgehead atoms. The SMILES string of the molecule is C=CCOc1ccc(Br)cc1C=NNC(=O)CNC(=O)c1ccccc1Cl. The fourth-order valence-electron chi connectivity index (χ4n) is 2.01. The van der Waals surface area contributed by atoms with Gasteiger partial charge in [0.2, 0.25) is 0 Å². The molecule has 0 aliphatic rings. The van der Waals surface area contributed by atoms with E-state index in [9.17, 15) is 9.59 Å². The highest BCUT2D eigenvalue weighted by Crippen LogP contribution is 2.21. The molecule has 2 amide bonds. The van der Waals surface area contributed by atoms with Crippen molar-refractivity contribution in [1.82, 2.24) is 10.7 Å². The molecule has 2 aromatic rings. The summed E-state index contributed by atoms with van der Waals surface area (Å²) in [6.45, 7) is 3.72. The van der Waals surface area contributed by atoms with Crippen molar-refractivity contribution in [3.05, 3.63) is 75.7 Å². The molecule has 2 N–H and O–H groups in total. The quantitative estimate of drug-likeness (QED) is 0.367.